The average Bonchev–Trinajstić information content (AvgIpc) is 3.24. The largest absolute Gasteiger partial charge is 0.397 e. The summed E-state index contributed by atoms with van der Waals surface area (Å²) in [4.78, 5) is 20.5. The Labute approximate surface area is 127 Å². The fourth-order valence-corrected chi connectivity index (χ4v) is 3.62. The number of nitrogens with zero attached hydrogens (tertiary/aromatic N) is 2. The van der Waals surface area contributed by atoms with Crippen LogP contribution < -0.4 is 5.73 Å². The molecule has 1 aliphatic carbocycles. The predicted octanol–water partition coefficient (Wildman–Crippen LogP) is 2.44. The SMILES string of the molecule is COCCN(C(=O)c1sc2nccc(C)c2c1N)C1CC1. The Morgan fingerprint density at radius 1 is 1.57 bits per heavy atom. The molecule has 112 valence electrons. The summed E-state index contributed by atoms with van der Waals surface area (Å²) < 4.78 is 5.11. The summed E-state index contributed by atoms with van der Waals surface area (Å²) in [5.41, 5.74) is 7.84. The molecule has 0 aromatic carbocycles. The maximum absolute atomic E-state index is 12.8. The second-order valence-corrected chi connectivity index (χ2v) is 6.37. The van der Waals surface area contributed by atoms with Gasteiger partial charge in [-0.1, -0.05) is 0 Å². The van der Waals surface area contributed by atoms with E-state index in [1.165, 1.54) is 11.3 Å². The first kappa shape index (κ1) is 14.3. The van der Waals surface area contributed by atoms with Crippen molar-refractivity contribution in [2.45, 2.75) is 25.8 Å². The third-order valence-corrected chi connectivity index (χ3v) is 4.92. The van der Waals surface area contributed by atoms with Crippen LogP contribution in [-0.2, 0) is 4.74 Å². The number of amides is 1. The van der Waals surface area contributed by atoms with Crippen LogP contribution in [0.25, 0.3) is 10.2 Å². The lowest BCUT2D eigenvalue weighted by molar-refractivity contribution is 0.0686. The number of aromatic nitrogens is 1. The van der Waals surface area contributed by atoms with Gasteiger partial charge in [-0.3, -0.25) is 4.79 Å². The van der Waals surface area contributed by atoms with Crippen molar-refractivity contribution in [2.75, 3.05) is 26.0 Å². The van der Waals surface area contributed by atoms with Gasteiger partial charge in [0.05, 0.1) is 12.3 Å². The number of nitrogens with two attached hydrogens (primary N) is 1. The summed E-state index contributed by atoms with van der Waals surface area (Å²) in [5.74, 6) is 0.00875. The lowest BCUT2D eigenvalue weighted by Crippen LogP contribution is -2.35. The van der Waals surface area contributed by atoms with E-state index < -0.39 is 0 Å². The Balaban J connectivity index is 1.96. The molecule has 0 unspecified atom stereocenters. The van der Waals surface area contributed by atoms with Crippen molar-refractivity contribution in [3.63, 3.8) is 0 Å². The highest BCUT2D eigenvalue weighted by atomic mass is 32.1. The number of methoxy groups -OCH3 is 1. The van der Waals surface area contributed by atoms with Gasteiger partial charge in [0.1, 0.15) is 9.71 Å². The third-order valence-electron chi connectivity index (χ3n) is 3.82. The van der Waals surface area contributed by atoms with Gasteiger partial charge >= 0.3 is 0 Å². The molecule has 0 atom stereocenters. The first-order valence-corrected chi connectivity index (χ1v) is 7.88. The molecular formula is C15H19N3O2S. The van der Waals surface area contributed by atoms with E-state index in [-0.39, 0.29) is 5.91 Å². The molecule has 0 saturated heterocycles. The molecule has 2 heterocycles. The molecule has 0 radical (unpaired) electrons. The van der Waals surface area contributed by atoms with E-state index in [1.807, 2.05) is 17.9 Å². The van der Waals surface area contributed by atoms with Gasteiger partial charge in [-0.2, -0.15) is 0 Å². The highest BCUT2D eigenvalue weighted by Crippen LogP contribution is 2.37. The number of hydrogen-bond acceptors (Lipinski definition) is 5. The fourth-order valence-electron chi connectivity index (χ4n) is 2.52. The molecular weight excluding hydrogens is 286 g/mol. The molecule has 1 fully saturated rings. The van der Waals surface area contributed by atoms with Crippen LogP contribution in [0.15, 0.2) is 12.3 Å². The van der Waals surface area contributed by atoms with Crippen LogP contribution in [0.1, 0.15) is 28.1 Å². The quantitative estimate of drug-likeness (QED) is 0.921. The number of nitrogen functional groups attached to an aromatic ring is 1. The van der Waals surface area contributed by atoms with Crippen molar-refractivity contribution >= 4 is 33.1 Å². The Kier molecular flexibility index (Phi) is 3.82. The molecule has 2 aromatic heterocycles. The number of fused-ring (bicyclic) bond motifs is 1. The lowest BCUT2D eigenvalue weighted by atomic mass is 10.1. The van der Waals surface area contributed by atoms with Crippen LogP contribution in [0.4, 0.5) is 5.69 Å². The maximum Gasteiger partial charge on any atom is 0.266 e. The molecule has 6 heteroatoms. The van der Waals surface area contributed by atoms with Gasteiger partial charge in [0.25, 0.3) is 5.91 Å². The van der Waals surface area contributed by atoms with Gasteiger partial charge in [-0.15, -0.1) is 11.3 Å². The summed E-state index contributed by atoms with van der Waals surface area (Å²) in [5, 5.41) is 0.910. The van der Waals surface area contributed by atoms with Crippen molar-refractivity contribution in [1.82, 2.24) is 9.88 Å². The second kappa shape index (κ2) is 5.61. The highest BCUT2D eigenvalue weighted by molar-refractivity contribution is 7.21. The topological polar surface area (TPSA) is 68.5 Å². The first-order chi connectivity index (χ1) is 10.1. The summed E-state index contributed by atoms with van der Waals surface area (Å²) in [6.07, 6.45) is 3.89. The van der Waals surface area contributed by atoms with E-state index in [4.69, 9.17) is 10.5 Å². The molecule has 21 heavy (non-hydrogen) atoms. The number of rotatable bonds is 5. The highest BCUT2D eigenvalue weighted by Gasteiger charge is 2.34. The van der Waals surface area contributed by atoms with Gasteiger partial charge in [-0.25, -0.2) is 4.98 Å². The number of thiophene rings is 1. The van der Waals surface area contributed by atoms with Crippen molar-refractivity contribution in [3.05, 3.63) is 22.7 Å². The molecule has 3 rings (SSSR count). The summed E-state index contributed by atoms with van der Waals surface area (Å²) >= 11 is 1.39. The normalized spacial score (nSPS) is 14.6. The van der Waals surface area contributed by atoms with E-state index in [2.05, 4.69) is 4.98 Å². The Morgan fingerprint density at radius 2 is 2.33 bits per heavy atom. The molecule has 0 bridgehead atoms. The minimum absolute atomic E-state index is 0.00875. The predicted molar refractivity (Wildman–Crippen MR) is 84.7 cm³/mol. The van der Waals surface area contributed by atoms with Crippen LogP contribution in [0.3, 0.4) is 0 Å². The van der Waals surface area contributed by atoms with Gasteiger partial charge in [0.15, 0.2) is 0 Å². The zero-order valence-electron chi connectivity index (χ0n) is 12.3. The van der Waals surface area contributed by atoms with E-state index in [0.29, 0.717) is 29.8 Å². The van der Waals surface area contributed by atoms with Crippen LogP contribution >= 0.6 is 11.3 Å². The first-order valence-electron chi connectivity index (χ1n) is 7.07. The monoisotopic (exact) mass is 305 g/mol. The average molecular weight is 305 g/mol. The maximum atomic E-state index is 12.8. The van der Waals surface area contributed by atoms with Crippen LogP contribution in [0, 0.1) is 6.92 Å². The minimum Gasteiger partial charge on any atom is -0.397 e. The molecule has 1 saturated carbocycles. The molecule has 1 amide bonds. The smallest absolute Gasteiger partial charge is 0.266 e. The van der Waals surface area contributed by atoms with Crippen molar-refractivity contribution < 1.29 is 9.53 Å². The molecule has 5 nitrogen and oxygen atoms in total. The number of carbonyl (C=O) groups is 1. The zero-order valence-corrected chi connectivity index (χ0v) is 13.1. The van der Waals surface area contributed by atoms with Crippen LogP contribution in [0.2, 0.25) is 0 Å². The van der Waals surface area contributed by atoms with E-state index in [0.717, 1.165) is 28.6 Å². The molecule has 2 aromatic rings. The summed E-state index contributed by atoms with van der Waals surface area (Å²) in [7, 11) is 1.65. The standard InChI is InChI=1S/C15H19N3O2S/c1-9-5-6-17-14-11(9)12(16)13(21-14)15(19)18(7-8-20-2)10-3-4-10/h5-6,10H,3-4,7-8,16H2,1-2H3. The van der Waals surface area contributed by atoms with Gasteiger partial charge in [0, 0.05) is 31.3 Å². The lowest BCUT2D eigenvalue weighted by Gasteiger charge is -2.21. The molecule has 1 aliphatic rings. The third kappa shape index (κ3) is 2.61. The van der Waals surface area contributed by atoms with Crippen molar-refractivity contribution in [3.8, 4) is 0 Å². The number of pyridine rings is 1. The van der Waals surface area contributed by atoms with E-state index in [9.17, 15) is 4.79 Å². The van der Waals surface area contributed by atoms with E-state index in [1.54, 1.807) is 13.3 Å². The summed E-state index contributed by atoms with van der Waals surface area (Å²) in [6.45, 7) is 3.15. The Bertz CT molecular complexity index is 679. The minimum atomic E-state index is 0.00875. The van der Waals surface area contributed by atoms with Gasteiger partial charge in [-0.05, 0) is 31.4 Å². The van der Waals surface area contributed by atoms with Crippen LogP contribution in [0.5, 0.6) is 0 Å². The van der Waals surface area contributed by atoms with Crippen LogP contribution in [-0.4, -0.2) is 42.1 Å². The number of hydrogen-bond donors (Lipinski definition) is 1. The second-order valence-electron chi connectivity index (χ2n) is 5.38. The molecule has 0 aliphatic heterocycles. The number of anilines is 1. The number of aryl methyl sites for hydroxylation is 1. The van der Waals surface area contributed by atoms with E-state index >= 15 is 0 Å². The molecule has 0 spiro atoms. The van der Waals surface area contributed by atoms with Gasteiger partial charge in [0.2, 0.25) is 0 Å². The van der Waals surface area contributed by atoms with Crippen molar-refractivity contribution in [1.29, 1.82) is 0 Å². The Hall–Kier alpha value is -1.66. The molecule has 2 N–H and O–H groups in total. The zero-order chi connectivity index (χ0) is 15.0. The van der Waals surface area contributed by atoms with Gasteiger partial charge < -0.3 is 15.4 Å². The Morgan fingerprint density at radius 3 is 2.95 bits per heavy atom. The number of carbonyl (C=O) groups excluding carboxylic acids is 1. The number of ether oxygens (including phenoxy) is 1. The van der Waals surface area contributed by atoms with Crippen molar-refractivity contribution in [2.24, 2.45) is 0 Å². The fraction of sp³-hybridized carbons (Fsp3) is 0.467. The summed E-state index contributed by atoms with van der Waals surface area (Å²) in [6, 6.07) is 2.26.